The Labute approximate surface area is 287 Å². The third-order valence-corrected chi connectivity index (χ3v) is 9.26. The number of carboxylic acid groups (broad SMARTS) is 1. The van der Waals surface area contributed by atoms with E-state index in [0.717, 1.165) is 70.3 Å². The molecule has 270 valence electrons. The van der Waals surface area contributed by atoms with E-state index in [1.807, 2.05) is 19.9 Å². The monoisotopic (exact) mass is 647 g/mol. The molecular weight excluding hydrogens is 568 g/mol. The van der Waals surface area contributed by atoms with Gasteiger partial charge in [0.15, 0.2) is 0 Å². The highest BCUT2D eigenvalue weighted by Crippen LogP contribution is 2.52. The van der Waals surface area contributed by atoms with Gasteiger partial charge in [0.1, 0.15) is 0 Å². The van der Waals surface area contributed by atoms with Crippen LogP contribution in [0.2, 0.25) is 0 Å². The maximum atomic E-state index is 12.9. The summed E-state index contributed by atoms with van der Waals surface area (Å²) in [7, 11) is 0. The molecule has 0 fully saturated rings. The van der Waals surface area contributed by atoms with E-state index in [0.29, 0.717) is 12.8 Å². The van der Waals surface area contributed by atoms with Crippen LogP contribution in [-0.2, 0) is 9.59 Å². The summed E-state index contributed by atoms with van der Waals surface area (Å²) in [5.74, 6) is -0.501. The summed E-state index contributed by atoms with van der Waals surface area (Å²) < 4.78 is 0. The first-order valence-electron chi connectivity index (χ1n) is 18.7. The molecule has 0 saturated carbocycles. The van der Waals surface area contributed by atoms with Crippen molar-refractivity contribution >= 4 is 11.9 Å². The highest BCUT2D eigenvalue weighted by Gasteiger charge is 2.41. The first kappa shape index (κ1) is 46.1. The summed E-state index contributed by atoms with van der Waals surface area (Å²) in [5.41, 5.74) is 2.68. The SMILES string of the molecule is C=CCCC(=O)N(CCCCCCCCCCCCNC(=C)CCC(=O)O)CCCCC(=C)C(C)(CC(C)(C)C)C(C)(C)C.CC. The van der Waals surface area contributed by atoms with Crippen LogP contribution in [0.4, 0.5) is 0 Å². The quantitative estimate of drug-likeness (QED) is 0.0688. The lowest BCUT2D eigenvalue weighted by Crippen LogP contribution is -2.38. The van der Waals surface area contributed by atoms with Crippen molar-refractivity contribution in [2.75, 3.05) is 19.6 Å². The number of hydrogen-bond donors (Lipinski definition) is 2. The van der Waals surface area contributed by atoms with Crippen LogP contribution < -0.4 is 5.32 Å². The number of nitrogens with zero attached hydrogens (tertiary/aromatic N) is 1. The summed E-state index contributed by atoms with van der Waals surface area (Å²) in [6, 6.07) is 0. The number of allylic oxidation sites excluding steroid dienone is 3. The molecule has 1 atom stereocenters. The van der Waals surface area contributed by atoms with E-state index in [1.54, 1.807) is 0 Å². The summed E-state index contributed by atoms with van der Waals surface area (Å²) in [6.45, 7) is 35.3. The standard InChI is InChI=1S/C39H72N2O3.C2H6/c1-11-12-26-35(42)41(31-24-21-25-33(2)39(10,38(7,8)9)32-37(4,5)6)30-23-20-18-16-14-13-15-17-19-22-29-40-34(3)27-28-36(43)44;1-2/h11,40H,1-3,12-32H2,4-10H3,(H,43,44);1-2H3. The first-order chi connectivity index (χ1) is 21.5. The van der Waals surface area contributed by atoms with Gasteiger partial charge in [0.05, 0.1) is 6.42 Å². The first-order valence-corrected chi connectivity index (χ1v) is 18.7. The van der Waals surface area contributed by atoms with Crippen LogP contribution in [0.25, 0.3) is 0 Å². The topological polar surface area (TPSA) is 69.6 Å². The molecule has 0 aromatic rings. The molecular formula is C41H78N2O3. The van der Waals surface area contributed by atoms with Crippen LogP contribution in [-0.4, -0.2) is 41.5 Å². The fourth-order valence-electron chi connectivity index (χ4n) is 6.10. The van der Waals surface area contributed by atoms with Crippen LogP contribution in [0, 0.1) is 16.2 Å². The second-order valence-electron chi connectivity index (χ2n) is 15.5. The predicted octanol–water partition coefficient (Wildman–Crippen LogP) is 11.9. The van der Waals surface area contributed by atoms with Gasteiger partial charge in [0.2, 0.25) is 5.91 Å². The molecule has 5 heteroatoms. The van der Waals surface area contributed by atoms with Gasteiger partial charge in [-0.3, -0.25) is 9.59 Å². The number of nitrogens with one attached hydrogen (secondary N) is 1. The molecule has 46 heavy (non-hydrogen) atoms. The highest BCUT2D eigenvalue weighted by atomic mass is 16.4. The normalized spacial score (nSPS) is 12.8. The third kappa shape index (κ3) is 23.3. The average Bonchev–Trinajstić information content (AvgIpc) is 2.97. The third-order valence-electron chi connectivity index (χ3n) is 9.26. The molecule has 0 aliphatic carbocycles. The largest absolute Gasteiger partial charge is 0.481 e. The molecule has 0 aromatic carbocycles. The van der Waals surface area contributed by atoms with E-state index in [9.17, 15) is 9.59 Å². The Morgan fingerprint density at radius 1 is 0.696 bits per heavy atom. The Morgan fingerprint density at radius 3 is 1.63 bits per heavy atom. The van der Waals surface area contributed by atoms with Gasteiger partial charge in [-0.05, 0) is 67.6 Å². The Bertz CT molecular complexity index is 849. The van der Waals surface area contributed by atoms with E-state index in [2.05, 4.69) is 78.4 Å². The number of aliphatic carboxylic acids is 1. The van der Waals surface area contributed by atoms with Crippen molar-refractivity contribution in [1.29, 1.82) is 0 Å². The van der Waals surface area contributed by atoms with Gasteiger partial charge in [0.25, 0.3) is 0 Å². The number of rotatable bonds is 27. The lowest BCUT2D eigenvalue weighted by atomic mass is 9.57. The van der Waals surface area contributed by atoms with Gasteiger partial charge < -0.3 is 15.3 Å². The summed E-state index contributed by atoms with van der Waals surface area (Å²) >= 11 is 0. The second kappa shape index (κ2) is 26.0. The molecule has 0 aromatic heterocycles. The van der Waals surface area contributed by atoms with Crippen LogP contribution >= 0.6 is 0 Å². The number of carbonyl (C=O) groups is 2. The molecule has 0 rings (SSSR count). The number of unbranched alkanes of at least 4 members (excludes halogenated alkanes) is 10. The minimum absolute atomic E-state index is 0.0870. The van der Waals surface area contributed by atoms with Crippen molar-refractivity contribution in [1.82, 2.24) is 10.2 Å². The van der Waals surface area contributed by atoms with Crippen molar-refractivity contribution in [3.63, 3.8) is 0 Å². The maximum absolute atomic E-state index is 12.9. The van der Waals surface area contributed by atoms with Crippen molar-refractivity contribution in [2.24, 2.45) is 16.2 Å². The predicted molar refractivity (Wildman–Crippen MR) is 202 cm³/mol. The molecule has 5 nitrogen and oxygen atoms in total. The Morgan fingerprint density at radius 2 is 1.17 bits per heavy atom. The van der Waals surface area contributed by atoms with Crippen LogP contribution in [0.5, 0.6) is 0 Å². The summed E-state index contributed by atoms with van der Waals surface area (Å²) in [4.78, 5) is 25.6. The van der Waals surface area contributed by atoms with Crippen molar-refractivity contribution in [2.45, 2.75) is 178 Å². The van der Waals surface area contributed by atoms with Crippen LogP contribution in [0.15, 0.2) is 37.1 Å². The molecule has 1 unspecified atom stereocenters. The smallest absolute Gasteiger partial charge is 0.303 e. The van der Waals surface area contributed by atoms with E-state index in [1.165, 1.54) is 56.9 Å². The van der Waals surface area contributed by atoms with Crippen molar-refractivity contribution < 1.29 is 14.7 Å². The van der Waals surface area contributed by atoms with Crippen LogP contribution in [0.3, 0.4) is 0 Å². The number of carbonyl (C=O) groups excluding carboxylic acids is 1. The Balaban J connectivity index is 0. The fraction of sp³-hybridized carbons (Fsp3) is 0.805. The van der Waals surface area contributed by atoms with Gasteiger partial charge in [-0.15, -0.1) is 6.58 Å². The molecule has 0 radical (unpaired) electrons. The van der Waals surface area contributed by atoms with E-state index in [4.69, 9.17) is 5.11 Å². The minimum atomic E-state index is -0.774. The van der Waals surface area contributed by atoms with Gasteiger partial charge in [-0.2, -0.15) is 0 Å². The molecule has 0 aliphatic rings. The molecule has 0 bridgehead atoms. The Kier molecular flexibility index (Phi) is 26.0. The summed E-state index contributed by atoms with van der Waals surface area (Å²) in [6.07, 6.45) is 20.3. The fourth-order valence-corrected chi connectivity index (χ4v) is 6.10. The number of amides is 1. The zero-order valence-corrected chi connectivity index (χ0v) is 32.3. The van der Waals surface area contributed by atoms with Gasteiger partial charge in [0, 0.05) is 31.8 Å². The molecule has 2 N–H and O–H groups in total. The molecule has 0 aliphatic heterocycles. The second-order valence-corrected chi connectivity index (χ2v) is 15.5. The van der Waals surface area contributed by atoms with Crippen molar-refractivity contribution in [3.05, 3.63) is 37.1 Å². The zero-order valence-electron chi connectivity index (χ0n) is 32.3. The number of hydrogen-bond acceptors (Lipinski definition) is 3. The van der Waals surface area contributed by atoms with Gasteiger partial charge in [-0.25, -0.2) is 0 Å². The van der Waals surface area contributed by atoms with Gasteiger partial charge >= 0.3 is 5.97 Å². The van der Waals surface area contributed by atoms with E-state index in [-0.39, 0.29) is 28.6 Å². The van der Waals surface area contributed by atoms with E-state index < -0.39 is 5.97 Å². The molecule has 0 heterocycles. The maximum Gasteiger partial charge on any atom is 0.303 e. The lowest BCUT2D eigenvalue weighted by molar-refractivity contribution is -0.137. The summed E-state index contributed by atoms with van der Waals surface area (Å²) in [5, 5.41) is 12.0. The zero-order chi connectivity index (χ0) is 35.7. The van der Waals surface area contributed by atoms with Gasteiger partial charge in [-0.1, -0.05) is 138 Å². The number of carboxylic acids is 1. The van der Waals surface area contributed by atoms with E-state index >= 15 is 0 Å². The Hall–Kier alpha value is -2.04. The molecule has 1 amide bonds. The highest BCUT2D eigenvalue weighted by molar-refractivity contribution is 5.76. The minimum Gasteiger partial charge on any atom is -0.481 e. The lowest BCUT2D eigenvalue weighted by Gasteiger charge is -2.47. The van der Waals surface area contributed by atoms with Crippen LogP contribution in [0.1, 0.15) is 178 Å². The van der Waals surface area contributed by atoms with Crippen molar-refractivity contribution in [3.8, 4) is 0 Å². The average molecular weight is 647 g/mol. The molecule has 0 spiro atoms. The molecule has 0 saturated heterocycles.